The van der Waals surface area contributed by atoms with Crippen molar-refractivity contribution in [2.45, 2.75) is 19.3 Å². The highest BCUT2D eigenvalue weighted by Crippen LogP contribution is 2.09. The Morgan fingerprint density at radius 3 is 2.74 bits per heavy atom. The largest absolute Gasteiger partial charge is 0.478 e. The normalized spacial score (nSPS) is 10.2. The molecule has 0 aliphatic carbocycles. The van der Waals surface area contributed by atoms with Gasteiger partial charge in [-0.05, 0) is 24.5 Å². The maximum atomic E-state index is 11.4. The molecule has 0 unspecified atom stereocenters. The molecule has 104 valence electrons. The smallest absolute Gasteiger partial charge is 0.335 e. The van der Waals surface area contributed by atoms with E-state index in [1.807, 2.05) is 0 Å². The Labute approximate surface area is 112 Å². The Hall–Kier alpha value is -1.88. The molecule has 0 aliphatic rings. The number of ether oxygens (including phenoxy) is 1. The van der Waals surface area contributed by atoms with Gasteiger partial charge >= 0.3 is 5.97 Å². The predicted octanol–water partition coefficient (Wildman–Crippen LogP) is 1.47. The first-order valence-electron chi connectivity index (χ1n) is 6.22. The molecule has 5 heteroatoms. The van der Waals surface area contributed by atoms with Crippen LogP contribution in [0.3, 0.4) is 0 Å². The van der Waals surface area contributed by atoms with Gasteiger partial charge in [-0.2, -0.15) is 0 Å². The van der Waals surface area contributed by atoms with Crippen molar-refractivity contribution in [2.75, 3.05) is 20.3 Å². The fraction of sp³-hybridized carbons (Fsp3) is 0.429. The summed E-state index contributed by atoms with van der Waals surface area (Å²) in [5.74, 6) is -0.980. The van der Waals surface area contributed by atoms with Gasteiger partial charge in [-0.1, -0.05) is 18.2 Å². The van der Waals surface area contributed by atoms with Crippen LogP contribution < -0.4 is 5.32 Å². The molecule has 0 spiro atoms. The molecule has 0 radical (unpaired) electrons. The molecule has 0 saturated carbocycles. The average molecular weight is 265 g/mol. The van der Waals surface area contributed by atoms with Crippen LogP contribution in [0.5, 0.6) is 0 Å². The van der Waals surface area contributed by atoms with Crippen molar-refractivity contribution in [2.24, 2.45) is 0 Å². The Morgan fingerprint density at radius 1 is 1.32 bits per heavy atom. The first-order valence-corrected chi connectivity index (χ1v) is 6.22. The molecule has 2 N–H and O–H groups in total. The lowest BCUT2D eigenvalue weighted by molar-refractivity contribution is -0.121. The zero-order chi connectivity index (χ0) is 14.1. The lowest BCUT2D eigenvalue weighted by Crippen LogP contribution is -2.26. The van der Waals surface area contributed by atoms with E-state index in [9.17, 15) is 9.59 Å². The van der Waals surface area contributed by atoms with Gasteiger partial charge in [0.05, 0.1) is 5.56 Å². The molecule has 1 aromatic carbocycles. The molecule has 0 bridgehead atoms. The summed E-state index contributed by atoms with van der Waals surface area (Å²) in [6, 6.07) is 6.82. The van der Waals surface area contributed by atoms with Gasteiger partial charge < -0.3 is 15.2 Å². The Balaban J connectivity index is 2.37. The number of rotatable bonds is 8. The number of hydrogen-bond donors (Lipinski definition) is 2. The molecule has 1 amide bonds. The van der Waals surface area contributed by atoms with Crippen molar-refractivity contribution >= 4 is 11.9 Å². The summed E-state index contributed by atoms with van der Waals surface area (Å²) in [6.07, 6.45) is 1.63. The van der Waals surface area contributed by atoms with Gasteiger partial charge in [0.25, 0.3) is 0 Å². The van der Waals surface area contributed by atoms with E-state index in [4.69, 9.17) is 9.84 Å². The number of carboxylic acid groups (broad SMARTS) is 1. The van der Waals surface area contributed by atoms with E-state index < -0.39 is 5.97 Å². The topological polar surface area (TPSA) is 75.6 Å². The number of benzene rings is 1. The summed E-state index contributed by atoms with van der Waals surface area (Å²) in [5.41, 5.74) is 1.02. The molecular formula is C14H19NO4. The molecule has 0 aromatic heterocycles. The summed E-state index contributed by atoms with van der Waals surface area (Å²) < 4.78 is 4.86. The van der Waals surface area contributed by atoms with Crippen LogP contribution in [-0.4, -0.2) is 37.2 Å². The highest BCUT2D eigenvalue weighted by molar-refractivity contribution is 5.89. The molecule has 0 heterocycles. The van der Waals surface area contributed by atoms with E-state index >= 15 is 0 Å². The van der Waals surface area contributed by atoms with E-state index in [-0.39, 0.29) is 11.5 Å². The van der Waals surface area contributed by atoms with Gasteiger partial charge in [0.15, 0.2) is 0 Å². The zero-order valence-corrected chi connectivity index (χ0v) is 11.0. The minimum Gasteiger partial charge on any atom is -0.478 e. The number of amides is 1. The molecule has 1 aromatic rings. The van der Waals surface area contributed by atoms with E-state index in [1.165, 1.54) is 0 Å². The molecule has 0 fully saturated rings. The van der Waals surface area contributed by atoms with E-state index in [0.717, 1.165) is 5.56 Å². The van der Waals surface area contributed by atoms with E-state index in [0.29, 0.717) is 32.4 Å². The maximum absolute atomic E-state index is 11.4. The van der Waals surface area contributed by atoms with Crippen LogP contribution in [0.2, 0.25) is 0 Å². The molecule has 1 rings (SSSR count). The number of carboxylic acids is 1. The first kappa shape index (κ1) is 15.2. The summed E-state index contributed by atoms with van der Waals surface area (Å²) in [4.78, 5) is 22.4. The van der Waals surface area contributed by atoms with Gasteiger partial charge in [0.1, 0.15) is 0 Å². The summed E-state index contributed by atoms with van der Waals surface area (Å²) in [5, 5.41) is 11.8. The van der Waals surface area contributed by atoms with Crippen LogP contribution in [0.4, 0.5) is 0 Å². The second-order valence-corrected chi connectivity index (χ2v) is 4.16. The second-order valence-electron chi connectivity index (χ2n) is 4.16. The van der Waals surface area contributed by atoms with Crippen LogP contribution in [-0.2, 0) is 16.0 Å². The highest BCUT2D eigenvalue weighted by Gasteiger charge is 2.08. The van der Waals surface area contributed by atoms with E-state index in [1.54, 1.807) is 31.4 Å². The molecule has 19 heavy (non-hydrogen) atoms. The quantitative estimate of drug-likeness (QED) is 0.698. The van der Waals surface area contributed by atoms with Crippen LogP contribution >= 0.6 is 0 Å². The minimum atomic E-state index is -0.943. The van der Waals surface area contributed by atoms with Crippen molar-refractivity contribution < 1.29 is 19.4 Å². The predicted molar refractivity (Wildman–Crippen MR) is 71.2 cm³/mol. The van der Waals surface area contributed by atoms with Gasteiger partial charge in [-0.25, -0.2) is 4.79 Å². The fourth-order valence-electron chi connectivity index (χ4n) is 1.75. The Bertz CT molecular complexity index is 431. The summed E-state index contributed by atoms with van der Waals surface area (Å²) in [7, 11) is 1.60. The van der Waals surface area contributed by atoms with Crippen LogP contribution in [0, 0.1) is 0 Å². The lowest BCUT2D eigenvalue weighted by atomic mass is 10.0. The van der Waals surface area contributed by atoms with Gasteiger partial charge in [0.2, 0.25) is 5.91 Å². The van der Waals surface area contributed by atoms with Crippen molar-refractivity contribution in [3.63, 3.8) is 0 Å². The fourth-order valence-corrected chi connectivity index (χ4v) is 1.75. The summed E-state index contributed by atoms with van der Waals surface area (Å²) >= 11 is 0. The molecule has 0 aliphatic heterocycles. The Kier molecular flexibility index (Phi) is 6.60. The van der Waals surface area contributed by atoms with E-state index in [2.05, 4.69) is 5.32 Å². The maximum Gasteiger partial charge on any atom is 0.335 e. The van der Waals surface area contributed by atoms with Crippen molar-refractivity contribution in [3.8, 4) is 0 Å². The average Bonchev–Trinajstić information content (AvgIpc) is 2.39. The minimum absolute atomic E-state index is 0.0372. The van der Waals surface area contributed by atoms with Gasteiger partial charge in [-0.3, -0.25) is 4.79 Å². The Morgan fingerprint density at radius 2 is 2.05 bits per heavy atom. The molecule has 0 saturated heterocycles. The molecule has 0 atom stereocenters. The van der Waals surface area contributed by atoms with Gasteiger partial charge in [0, 0.05) is 26.7 Å². The van der Waals surface area contributed by atoms with Crippen molar-refractivity contribution in [1.29, 1.82) is 0 Å². The summed E-state index contributed by atoms with van der Waals surface area (Å²) in [6.45, 7) is 1.01. The highest BCUT2D eigenvalue weighted by atomic mass is 16.5. The van der Waals surface area contributed by atoms with Gasteiger partial charge in [-0.15, -0.1) is 0 Å². The number of nitrogens with one attached hydrogen (secondary N) is 1. The number of hydrogen-bond acceptors (Lipinski definition) is 3. The van der Waals surface area contributed by atoms with Crippen LogP contribution in [0.1, 0.15) is 28.8 Å². The third-order valence-electron chi connectivity index (χ3n) is 2.72. The zero-order valence-electron chi connectivity index (χ0n) is 11.0. The number of aromatic carboxylic acids is 1. The van der Waals surface area contributed by atoms with Crippen molar-refractivity contribution in [3.05, 3.63) is 35.4 Å². The lowest BCUT2D eigenvalue weighted by Gasteiger charge is -2.07. The van der Waals surface area contributed by atoms with Crippen LogP contribution in [0.15, 0.2) is 24.3 Å². The number of carbonyl (C=O) groups excluding carboxylic acids is 1. The van der Waals surface area contributed by atoms with Crippen molar-refractivity contribution in [1.82, 2.24) is 5.32 Å². The molecular weight excluding hydrogens is 246 g/mol. The number of carbonyl (C=O) groups is 2. The molecule has 5 nitrogen and oxygen atoms in total. The third-order valence-corrected chi connectivity index (χ3v) is 2.72. The second kappa shape index (κ2) is 8.26. The standard InChI is InChI=1S/C14H19NO4/c1-19-10-4-7-13(16)15-9-8-11-5-2-3-6-12(11)14(17)18/h2-3,5-6H,4,7-10H2,1H3,(H,15,16)(H,17,18). The first-order chi connectivity index (χ1) is 9.15. The number of methoxy groups -OCH3 is 1. The monoisotopic (exact) mass is 265 g/mol. The SMILES string of the molecule is COCCCC(=O)NCCc1ccccc1C(=O)O. The third kappa shape index (κ3) is 5.52. The van der Waals surface area contributed by atoms with Crippen LogP contribution in [0.25, 0.3) is 0 Å².